The lowest BCUT2D eigenvalue weighted by Crippen LogP contribution is -2.42. The number of rotatable bonds is 1. The number of aromatic amines is 1. The Kier molecular flexibility index (Phi) is 3.43. The molecular formula is C19H20ClN3O. The molecule has 24 heavy (non-hydrogen) atoms. The molecule has 0 amide bonds. The van der Waals surface area contributed by atoms with E-state index in [4.69, 9.17) is 16.6 Å². The van der Waals surface area contributed by atoms with Gasteiger partial charge >= 0.3 is 0 Å². The van der Waals surface area contributed by atoms with Crippen LogP contribution in [0.3, 0.4) is 0 Å². The van der Waals surface area contributed by atoms with Crippen molar-refractivity contribution in [2.75, 3.05) is 0 Å². The number of carbonyl (C=O) groups is 1. The van der Waals surface area contributed by atoms with Crippen molar-refractivity contribution in [1.29, 1.82) is 0 Å². The number of halogens is 1. The van der Waals surface area contributed by atoms with E-state index in [2.05, 4.69) is 24.0 Å². The van der Waals surface area contributed by atoms with Gasteiger partial charge in [-0.15, -0.1) is 0 Å². The minimum absolute atomic E-state index is 0.0351. The second kappa shape index (κ2) is 5.28. The molecule has 4 rings (SSSR count). The molecule has 1 aromatic carbocycles. The first-order chi connectivity index (χ1) is 11.4. The fraction of sp³-hybridized carbons (Fsp3) is 0.421. The Morgan fingerprint density at radius 2 is 1.88 bits per heavy atom. The summed E-state index contributed by atoms with van der Waals surface area (Å²) >= 11 is 6.06. The molecule has 2 heterocycles. The van der Waals surface area contributed by atoms with Crippen molar-refractivity contribution >= 4 is 28.9 Å². The Morgan fingerprint density at radius 1 is 1.17 bits per heavy atom. The highest BCUT2D eigenvalue weighted by Gasteiger charge is 2.46. The third kappa shape index (κ3) is 2.40. The van der Waals surface area contributed by atoms with Crippen LogP contribution >= 0.6 is 11.6 Å². The van der Waals surface area contributed by atoms with E-state index >= 15 is 0 Å². The Hall–Kier alpha value is -1.94. The molecule has 5 heteroatoms. The number of fused-ring (bicyclic) bond motifs is 2. The van der Waals surface area contributed by atoms with Crippen LogP contribution in [0.15, 0.2) is 29.3 Å². The zero-order chi connectivity index (χ0) is 17.1. The van der Waals surface area contributed by atoms with Gasteiger partial charge < -0.3 is 0 Å². The molecule has 124 valence electrons. The van der Waals surface area contributed by atoms with Crippen LogP contribution in [0.5, 0.6) is 0 Å². The predicted octanol–water partition coefficient (Wildman–Crippen LogP) is 4.59. The molecule has 0 spiro atoms. The van der Waals surface area contributed by atoms with Crippen LogP contribution in [0.2, 0.25) is 5.02 Å². The van der Waals surface area contributed by atoms with Crippen LogP contribution in [0.25, 0.3) is 0 Å². The standard InChI is InChI=1S/C19H20ClN3O/c1-10-15-16(11-4-6-12(20)7-5-11)17-13(21-18(15)23-22-10)8-19(2,3)9-14(17)24/h4-7,16-17H,8-9H2,1-3H3,(H,22,23). The first-order valence-corrected chi connectivity index (χ1v) is 8.64. The van der Waals surface area contributed by atoms with E-state index in [0.29, 0.717) is 11.4 Å². The lowest BCUT2D eigenvalue weighted by atomic mass is 9.64. The third-order valence-electron chi connectivity index (χ3n) is 5.12. The summed E-state index contributed by atoms with van der Waals surface area (Å²) in [6.45, 7) is 6.25. The second-order valence-corrected chi connectivity index (χ2v) is 8.12. The Morgan fingerprint density at radius 3 is 2.58 bits per heavy atom. The summed E-state index contributed by atoms with van der Waals surface area (Å²) in [6.07, 6.45) is 1.42. The number of nitrogens with zero attached hydrogens (tertiary/aromatic N) is 2. The van der Waals surface area contributed by atoms with E-state index in [-0.39, 0.29) is 23.0 Å². The molecule has 2 aromatic rings. The van der Waals surface area contributed by atoms with Gasteiger partial charge in [0.25, 0.3) is 0 Å². The van der Waals surface area contributed by atoms with Gasteiger partial charge in [-0.3, -0.25) is 9.89 Å². The maximum absolute atomic E-state index is 13.0. The van der Waals surface area contributed by atoms with Gasteiger partial charge in [-0.25, -0.2) is 4.99 Å². The van der Waals surface area contributed by atoms with Crippen molar-refractivity contribution in [2.24, 2.45) is 16.3 Å². The molecule has 0 radical (unpaired) electrons. The SMILES string of the molecule is Cc1[nH]nc2c1C(c1ccc(Cl)cc1)C1C(=O)CC(C)(C)CC1=N2. The van der Waals surface area contributed by atoms with Crippen molar-refractivity contribution in [2.45, 2.75) is 39.5 Å². The van der Waals surface area contributed by atoms with Crippen molar-refractivity contribution in [3.63, 3.8) is 0 Å². The van der Waals surface area contributed by atoms with E-state index in [1.54, 1.807) is 0 Å². The molecule has 1 aliphatic heterocycles. The van der Waals surface area contributed by atoms with Crippen LogP contribution in [-0.2, 0) is 4.79 Å². The number of hydrogen-bond acceptors (Lipinski definition) is 3. The van der Waals surface area contributed by atoms with Gasteiger partial charge in [-0.05, 0) is 36.5 Å². The number of ketones is 1. The molecule has 0 bridgehead atoms. The average Bonchev–Trinajstić information content (AvgIpc) is 2.86. The summed E-state index contributed by atoms with van der Waals surface area (Å²) in [5.41, 5.74) is 4.04. The van der Waals surface area contributed by atoms with Gasteiger partial charge in [0.2, 0.25) is 0 Å². The largest absolute Gasteiger partial charge is 0.299 e. The predicted molar refractivity (Wildman–Crippen MR) is 95.2 cm³/mol. The summed E-state index contributed by atoms with van der Waals surface area (Å²) in [4.78, 5) is 17.8. The number of aliphatic imine (C=N–C) groups is 1. The molecule has 1 saturated carbocycles. The van der Waals surface area contributed by atoms with Gasteiger partial charge in [0.1, 0.15) is 5.78 Å². The summed E-state index contributed by atoms with van der Waals surface area (Å²) in [7, 11) is 0. The quantitative estimate of drug-likeness (QED) is 0.824. The molecule has 1 aliphatic carbocycles. The topological polar surface area (TPSA) is 58.1 Å². The number of benzene rings is 1. The Labute approximate surface area is 146 Å². The summed E-state index contributed by atoms with van der Waals surface area (Å²) in [5.74, 6) is 0.774. The van der Waals surface area contributed by atoms with Crippen LogP contribution in [0.1, 0.15) is 49.4 Å². The van der Waals surface area contributed by atoms with Gasteiger partial charge in [0.15, 0.2) is 5.82 Å². The van der Waals surface area contributed by atoms with E-state index in [9.17, 15) is 4.79 Å². The fourth-order valence-electron chi connectivity index (χ4n) is 4.13. The highest BCUT2D eigenvalue weighted by Crippen LogP contribution is 2.49. The number of nitrogens with one attached hydrogen (secondary N) is 1. The average molecular weight is 342 g/mol. The first kappa shape index (κ1) is 15.6. The minimum atomic E-state index is -0.192. The molecule has 2 atom stereocenters. The van der Waals surface area contributed by atoms with Crippen LogP contribution in [0.4, 0.5) is 5.82 Å². The van der Waals surface area contributed by atoms with Crippen LogP contribution in [0, 0.1) is 18.3 Å². The number of carbonyl (C=O) groups excluding carboxylic acids is 1. The van der Waals surface area contributed by atoms with Gasteiger partial charge in [0.05, 0.1) is 5.92 Å². The fourth-order valence-corrected chi connectivity index (χ4v) is 4.26. The number of Topliss-reactive ketones (excluding diaryl/α,β-unsaturated/α-hetero) is 1. The van der Waals surface area contributed by atoms with Crippen molar-refractivity contribution < 1.29 is 4.79 Å². The van der Waals surface area contributed by atoms with E-state index < -0.39 is 0 Å². The molecule has 4 nitrogen and oxygen atoms in total. The highest BCUT2D eigenvalue weighted by atomic mass is 35.5. The Balaban J connectivity index is 1.90. The molecular weight excluding hydrogens is 322 g/mol. The molecule has 0 saturated heterocycles. The second-order valence-electron chi connectivity index (χ2n) is 7.68. The third-order valence-corrected chi connectivity index (χ3v) is 5.37. The monoisotopic (exact) mass is 341 g/mol. The number of aromatic nitrogens is 2. The maximum atomic E-state index is 13.0. The molecule has 2 unspecified atom stereocenters. The highest BCUT2D eigenvalue weighted by molar-refractivity contribution is 6.30. The van der Waals surface area contributed by atoms with E-state index in [1.165, 1.54) is 0 Å². The maximum Gasteiger partial charge on any atom is 0.177 e. The first-order valence-electron chi connectivity index (χ1n) is 8.26. The molecule has 2 aliphatic rings. The summed E-state index contributed by atoms with van der Waals surface area (Å²) in [5, 5.41) is 8.10. The summed E-state index contributed by atoms with van der Waals surface area (Å²) < 4.78 is 0. The zero-order valence-electron chi connectivity index (χ0n) is 14.1. The van der Waals surface area contributed by atoms with Gasteiger partial charge in [0, 0.05) is 34.3 Å². The van der Waals surface area contributed by atoms with Gasteiger partial charge in [-0.2, -0.15) is 5.10 Å². The number of hydrogen-bond donors (Lipinski definition) is 1. The molecule has 1 N–H and O–H groups in total. The normalized spacial score (nSPS) is 25.0. The zero-order valence-corrected chi connectivity index (χ0v) is 14.8. The molecule has 1 aromatic heterocycles. The molecule has 1 fully saturated rings. The van der Waals surface area contributed by atoms with Crippen LogP contribution in [-0.4, -0.2) is 21.7 Å². The summed E-state index contributed by atoms with van der Waals surface area (Å²) in [6, 6.07) is 7.79. The van der Waals surface area contributed by atoms with Gasteiger partial charge in [-0.1, -0.05) is 37.6 Å². The van der Waals surface area contributed by atoms with Crippen molar-refractivity contribution in [3.05, 3.63) is 46.1 Å². The Bertz CT molecular complexity index is 848. The van der Waals surface area contributed by atoms with Crippen LogP contribution < -0.4 is 0 Å². The number of aryl methyl sites for hydroxylation is 1. The van der Waals surface area contributed by atoms with Crippen molar-refractivity contribution in [3.8, 4) is 0 Å². The van der Waals surface area contributed by atoms with Crippen molar-refractivity contribution in [1.82, 2.24) is 10.2 Å². The lowest BCUT2D eigenvalue weighted by Gasteiger charge is -2.40. The minimum Gasteiger partial charge on any atom is -0.299 e. The lowest BCUT2D eigenvalue weighted by molar-refractivity contribution is -0.124. The smallest absolute Gasteiger partial charge is 0.177 e. The van der Waals surface area contributed by atoms with E-state index in [0.717, 1.165) is 34.8 Å². The number of H-pyrrole nitrogens is 1. The van der Waals surface area contributed by atoms with E-state index in [1.807, 2.05) is 31.2 Å².